The highest BCUT2D eigenvalue weighted by Crippen LogP contribution is 2.46. The van der Waals surface area contributed by atoms with Crippen molar-refractivity contribution in [3.63, 3.8) is 0 Å². The van der Waals surface area contributed by atoms with E-state index in [0.717, 1.165) is 18.4 Å². The zero-order valence-electron chi connectivity index (χ0n) is 15.1. The molecule has 0 aromatic heterocycles. The van der Waals surface area contributed by atoms with Gasteiger partial charge in [0.15, 0.2) is 27.1 Å². The molecule has 0 aliphatic carbocycles. The molecule has 1 heterocycles. The number of rotatable bonds is 5. The fourth-order valence-corrected chi connectivity index (χ4v) is 3.87. The van der Waals surface area contributed by atoms with E-state index in [9.17, 15) is 26.4 Å². The first kappa shape index (κ1) is 20.1. The smallest absolute Gasteiger partial charge is 0.340 e. The Bertz CT molecular complexity index is 1070. The van der Waals surface area contributed by atoms with Gasteiger partial charge in [0.1, 0.15) is 6.67 Å². The first-order valence-electron chi connectivity index (χ1n) is 8.43. The largest absolute Gasteiger partial charge is 0.448 e. The van der Waals surface area contributed by atoms with Gasteiger partial charge in [0.2, 0.25) is 0 Å². The van der Waals surface area contributed by atoms with Crippen LogP contribution in [0.4, 0.5) is 13.2 Å². The quantitative estimate of drug-likeness (QED) is 0.701. The van der Waals surface area contributed by atoms with Crippen LogP contribution in [-0.2, 0) is 19.4 Å². The minimum atomic E-state index is -3.45. The monoisotopic (exact) mass is 410 g/mol. The van der Waals surface area contributed by atoms with E-state index in [1.165, 1.54) is 30.3 Å². The standard InChI is InChI=1S/C20H17F3O4S/c1-3-20(11-21)18(12-4-7-14(8-5-12)28(2,25)26)17(19(24)27-20)13-6-9-15(22)16(23)10-13/h4-10H,3,11H2,1-2H3. The van der Waals surface area contributed by atoms with E-state index in [0.29, 0.717) is 5.56 Å². The molecule has 4 nitrogen and oxygen atoms in total. The van der Waals surface area contributed by atoms with Crippen LogP contribution in [0.5, 0.6) is 0 Å². The van der Waals surface area contributed by atoms with Crippen LogP contribution in [0.15, 0.2) is 47.4 Å². The van der Waals surface area contributed by atoms with Gasteiger partial charge >= 0.3 is 5.97 Å². The SMILES string of the molecule is CCC1(CF)OC(=O)C(c2ccc(F)c(F)c2)=C1c1ccc(S(C)(=O)=O)cc1. The fraction of sp³-hybridized carbons (Fsp3) is 0.250. The van der Waals surface area contributed by atoms with Gasteiger partial charge in [-0.1, -0.05) is 25.1 Å². The predicted molar refractivity (Wildman–Crippen MR) is 97.8 cm³/mol. The first-order chi connectivity index (χ1) is 13.1. The fourth-order valence-electron chi connectivity index (χ4n) is 3.24. The molecule has 0 bridgehead atoms. The average molecular weight is 410 g/mol. The summed E-state index contributed by atoms with van der Waals surface area (Å²) >= 11 is 0. The lowest BCUT2D eigenvalue weighted by Gasteiger charge is -2.27. The number of hydrogen-bond acceptors (Lipinski definition) is 4. The molecule has 2 aromatic rings. The van der Waals surface area contributed by atoms with Crippen molar-refractivity contribution in [1.82, 2.24) is 0 Å². The normalized spacial score (nSPS) is 19.8. The van der Waals surface area contributed by atoms with Crippen LogP contribution in [0.1, 0.15) is 24.5 Å². The summed E-state index contributed by atoms with van der Waals surface area (Å²) in [6, 6.07) is 8.48. The second kappa shape index (κ2) is 7.09. The summed E-state index contributed by atoms with van der Waals surface area (Å²) in [5, 5.41) is 0. The first-order valence-corrected chi connectivity index (χ1v) is 10.3. The number of carbonyl (C=O) groups excluding carboxylic acids is 1. The predicted octanol–water partition coefficient (Wildman–Crippen LogP) is 3.95. The van der Waals surface area contributed by atoms with Gasteiger partial charge in [0.05, 0.1) is 10.5 Å². The second-order valence-corrected chi connectivity index (χ2v) is 8.56. The highest BCUT2D eigenvalue weighted by Gasteiger charge is 2.47. The summed E-state index contributed by atoms with van der Waals surface area (Å²) in [6.07, 6.45) is 1.15. The highest BCUT2D eigenvalue weighted by molar-refractivity contribution is 7.90. The Kier molecular flexibility index (Phi) is 5.10. The van der Waals surface area contributed by atoms with Gasteiger partial charge in [-0.2, -0.15) is 0 Å². The van der Waals surface area contributed by atoms with Gasteiger partial charge in [-0.25, -0.2) is 26.4 Å². The van der Waals surface area contributed by atoms with E-state index < -0.39 is 39.7 Å². The van der Waals surface area contributed by atoms with Crippen molar-refractivity contribution in [2.24, 2.45) is 0 Å². The van der Waals surface area contributed by atoms with Gasteiger partial charge in [0, 0.05) is 11.8 Å². The molecule has 0 spiro atoms. The van der Waals surface area contributed by atoms with Gasteiger partial charge in [0.25, 0.3) is 0 Å². The maximum absolute atomic E-state index is 14.0. The number of halogens is 3. The Balaban J connectivity index is 2.28. The lowest BCUT2D eigenvalue weighted by Crippen LogP contribution is -2.33. The number of sulfone groups is 1. The maximum Gasteiger partial charge on any atom is 0.340 e. The molecule has 0 saturated carbocycles. The Morgan fingerprint density at radius 3 is 2.11 bits per heavy atom. The molecule has 2 aromatic carbocycles. The Morgan fingerprint density at radius 2 is 1.61 bits per heavy atom. The lowest BCUT2D eigenvalue weighted by atomic mass is 9.83. The minimum absolute atomic E-state index is 0.0508. The number of carbonyl (C=O) groups is 1. The highest BCUT2D eigenvalue weighted by atomic mass is 32.2. The molecule has 0 radical (unpaired) electrons. The molecular weight excluding hydrogens is 393 g/mol. The summed E-state index contributed by atoms with van der Waals surface area (Å²) in [5.41, 5.74) is -1.09. The summed E-state index contributed by atoms with van der Waals surface area (Å²) in [6.45, 7) is 0.609. The third-order valence-corrected chi connectivity index (χ3v) is 5.89. The number of benzene rings is 2. The molecule has 1 atom stereocenters. The van der Waals surface area contributed by atoms with Crippen LogP contribution in [0, 0.1) is 11.6 Å². The molecular formula is C20H17F3O4S. The van der Waals surface area contributed by atoms with Crippen LogP contribution in [0.2, 0.25) is 0 Å². The van der Waals surface area contributed by atoms with Crippen molar-refractivity contribution in [3.05, 3.63) is 65.2 Å². The Morgan fingerprint density at radius 1 is 1.00 bits per heavy atom. The Labute approximate surface area is 160 Å². The molecule has 0 N–H and O–H groups in total. The van der Waals surface area contributed by atoms with Gasteiger partial charge in [-0.05, 0) is 41.8 Å². The molecule has 0 amide bonds. The molecule has 1 aliphatic heterocycles. The van der Waals surface area contributed by atoms with E-state index >= 15 is 0 Å². The molecule has 148 valence electrons. The van der Waals surface area contributed by atoms with E-state index in [4.69, 9.17) is 4.74 Å². The average Bonchev–Trinajstić information content (AvgIpc) is 2.96. The minimum Gasteiger partial charge on any atom is -0.448 e. The molecule has 0 saturated heterocycles. The third kappa shape index (κ3) is 3.32. The van der Waals surface area contributed by atoms with Gasteiger partial charge < -0.3 is 4.74 Å². The van der Waals surface area contributed by atoms with Crippen molar-refractivity contribution in [1.29, 1.82) is 0 Å². The lowest BCUT2D eigenvalue weighted by molar-refractivity contribution is -0.145. The van der Waals surface area contributed by atoms with Gasteiger partial charge in [-0.3, -0.25) is 0 Å². The zero-order chi connectivity index (χ0) is 20.7. The van der Waals surface area contributed by atoms with E-state index in [2.05, 4.69) is 0 Å². The molecule has 1 aliphatic rings. The van der Waals surface area contributed by atoms with E-state index in [1.54, 1.807) is 6.92 Å². The number of cyclic esters (lactones) is 1. The molecule has 8 heteroatoms. The summed E-state index contributed by atoms with van der Waals surface area (Å²) in [5.74, 6) is -3.09. The Hall–Kier alpha value is -2.61. The van der Waals surface area contributed by atoms with Crippen LogP contribution in [0.3, 0.4) is 0 Å². The second-order valence-electron chi connectivity index (χ2n) is 6.55. The number of esters is 1. The van der Waals surface area contributed by atoms with Crippen molar-refractivity contribution in [3.8, 4) is 0 Å². The van der Waals surface area contributed by atoms with Gasteiger partial charge in [-0.15, -0.1) is 0 Å². The van der Waals surface area contributed by atoms with Crippen LogP contribution >= 0.6 is 0 Å². The van der Waals surface area contributed by atoms with Crippen LogP contribution in [0.25, 0.3) is 11.1 Å². The van der Waals surface area contributed by atoms with Crippen LogP contribution in [-0.4, -0.2) is 32.9 Å². The number of hydrogen-bond donors (Lipinski definition) is 0. The zero-order valence-corrected chi connectivity index (χ0v) is 15.9. The van der Waals surface area contributed by atoms with E-state index in [1.807, 2.05) is 0 Å². The number of ether oxygens (including phenoxy) is 1. The molecule has 28 heavy (non-hydrogen) atoms. The molecule has 1 unspecified atom stereocenters. The summed E-state index contributed by atoms with van der Waals surface area (Å²) < 4.78 is 69.8. The topological polar surface area (TPSA) is 60.4 Å². The van der Waals surface area contributed by atoms with Crippen molar-refractivity contribution >= 4 is 27.0 Å². The van der Waals surface area contributed by atoms with Crippen molar-refractivity contribution < 1.29 is 31.1 Å². The maximum atomic E-state index is 14.0. The molecule has 0 fully saturated rings. The van der Waals surface area contributed by atoms with Crippen LogP contribution < -0.4 is 0 Å². The summed E-state index contributed by atoms with van der Waals surface area (Å²) in [7, 11) is -3.45. The summed E-state index contributed by atoms with van der Waals surface area (Å²) in [4.78, 5) is 12.6. The van der Waals surface area contributed by atoms with E-state index in [-0.39, 0.29) is 28.0 Å². The molecule has 3 rings (SSSR count). The number of alkyl halides is 1. The third-order valence-electron chi connectivity index (χ3n) is 4.76. The van der Waals surface area contributed by atoms with Crippen molar-refractivity contribution in [2.75, 3.05) is 12.9 Å². The van der Waals surface area contributed by atoms with Crippen molar-refractivity contribution in [2.45, 2.75) is 23.8 Å².